The van der Waals surface area contributed by atoms with Gasteiger partial charge in [-0.15, -0.1) is 0 Å². The smallest absolute Gasteiger partial charge is 0.0480 e. The zero-order valence-corrected chi connectivity index (χ0v) is 11.6. The van der Waals surface area contributed by atoms with Crippen LogP contribution in [0.15, 0.2) is 28.7 Å². The van der Waals surface area contributed by atoms with E-state index in [0.717, 1.165) is 26.1 Å². The van der Waals surface area contributed by atoms with Gasteiger partial charge in [0.1, 0.15) is 0 Å². The molecule has 0 aliphatic heterocycles. The quantitative estimate of drug-likeness (QED) is 0.778. The molecule has 0 aliphatic carbocycles. The summed E-state index contributed by atoms with van der Waals surface area (Å²) in [4.78, 5) is 0. The second-order valence-electron chi connectivity index (χ2n) is 3.77. The Bertz CT molecular complexity index is 304. The average molecular weight is 286 g/mol. The molecule has 1 unspecified atom stereocenters. The lowest BCUT2D eigenvalue weighted by Crippen LogP contribution is -2.29. The molecule has 1 aromatic rings. The molecule has 0 radical (unpaired) electrons. The van der Waals surface area contributed by atoms with Crippen LogP contribution in [0.5, 0.6) is 0 Å². The van der Waals surface area contributed by atoms with Crippen molar-refractivity contribution >= 4 is 15.9 Å². The molecule has 0 amide bonds. The van der Waals surface area contributed by atoms with Gasteiger partial charge in [-0.25, -0.2) is 0 Å². The van der Waals surface area contributed by atoms with Gasteiger partial charge in [0.15, 0.2) is 0 Å². The predicted octanol–water partition coefficient (Wildman–Crippen LogP) is 3.01. The van der Waals surface area contributed by atoms with Crippen LogP contribution in [-0.4, -0.2) is 26.3 Å². The molecule has 1 rings (SSSR count). The van der Waals surface area contributed by atoms with Crippen LogP contribution in [0.2, 0.25) is 0 Å². The molecule has 0 bridgehead atoms. The summed E-state index contributed by atoms with van der Waals surface area (Å²) in [6.45, 7) is 3.65. The number of rotatable bonds is 7. The van der Waals surface area contributed by atoms with E-state index in [2.05, 4.69) is 39.4 Å². The van der Waals surface area contributed by atoms with Crippen LogP contribution in [0.1, 0.15) is 18.9 Å². The Hall–Kier alpha value is -0.380. The lowest BCUT2D eigenvalue weighted by atomic mass is 10.0. The van der Waals surface area contributed by atoms with Crippen LogP contribution in [0, 0.1) is 0 Å². The summed E-state index contributed by atoms with van der Waals surface area (Å²) >= 11 is 3.58. The minimum absolute atomic E-state index is 0.477. The Balaban J connectivity index is 2.46. The number of hydrogen-bond donors (Lipinski definition) is 1. The summed E-state index contributed by atoms with van der Waals surface area (Å²) in [5.41, 5.74) is 1.35. The van der Waals surface area contributed by atoms with Gasteiger partial charge in [0.2, 0.25) is 0 Å². The molecule has 0 aromatic heterocycles. The van der Waals surface area contributed by atoms with E-state index in [4.69, 9.17) is 4.74 Å². The number of nitrogens with one attached hydrogen (secondary N) is 1. The predicted molar refractivity (Wildman–Crippen MR) is 71.8 cm³/mol. The fraction of sp³-hybridized carbons (Fsp3) is 0.538. The first-order valence-corrected chi connectivity index (χ1v) is 6.55. The maximum Gasteiger partial charge on any atom is 0.0480 e. The number of likely N-dealkylation sites (N-methyl/N-ethyl adjacent to an activating group) is 1. The Labute approximate surface area is 107 Å². The highest BCUT2D eigenvalue weighted by molar-refractivity contribution is 9.10. The zero-order valence-electron chi connectivity index (χ0n) is 10.0. The van der Waals surface area contributed by atoms with Gasteiger partial charge >= 0.3 is 0 Å². The van der Waals surface area contributed by atoms with Crippen molar-refractivity contribution in [1.82, 2.24) is 5.32 Å². The summed E-state index contributed by atoms with van der Waals surface area (Å²) < 4.78 is 6.57. The Morgan fingerprint density at radius 3 is 2.75 bits per heavy atom. The largest absolute Gasteiger partial charge is 0.382 e. The van der Waals surface area contributed by atoms with E-state index in [1.165, 1.54) is 10.0 Å². The first-order chi connectivity index (χ1) is 7.77. The monoisotopic (exact) mass is 285 g/mol. The van der Waals surface area contributed by atoms with E-state index in [-0.39, 0.29) is 0 Å². The van der Waals surface area contributed by atoms with Crippen molar-refractivity contribution in [2.75, 3.05) is 20.3 Å². The van der Waals surface area contributed by atoms with Crippen LogP contribution in [-0.2, 0) is 11.2 Å². The van der Waals surface area contributed by atoms with E-state index in [9.17, 15) is 0 Å². The fourth-order valence-electron chi connectivity index (χ4n) is 1.65. The highest BCUT2D eigenvalue weighted by Crippen LogP contribution is 2.18. The van der Waals surface area contributed by atoms with Crippen molar-refractivity contribution in [1.29, 1.82) is 0 Å². The lowest BCUT2D eigenvalue weighted by molar-refractivity contribution is 0.137. The van der Waals surface area contributed by atoms with Gasteiger partial charge in [0.25, 0.3) is 0 Å². The second-order valence-corrected chi connectivity index (χ2v) is 4.62. The molecule has 3 heteroatoms. The standard InChI is InChI=1S/C13H20BrNO/c1-3-16-9-8-12(15-2)10-11-6-4-5-7-13(11)14/h4-7,12,15H,3,8-10H2,1-2H3. The summed E-state index contributed by atoms with van der Waals surface area (Å²) in [7, 11) is 2.01. The van der Waals surface area contributed by atoms with Gasteiger partial charge in [-0.2, -0.15) is 0 Å². The number of hydrogen-bond acceptors (Lipinski definition) is 2. The van der Waals surface area contributed by atoms with Crippen molar-refractivity contribution in [2.45, 2.75) is 25.8 Å². The SMILES string of the molecule is CCOCCC(Cc1ccccc1Br)NC. The third kappa shape index (κ3) is 4.64. The topological polar surface area (TPSA) is 21.3 Å². The number of benzene rings is 1. The average Bonchev–Trinajstić information content (AvgIpc) is 2.30. The lowest BCUT2D eigenvalue weighted by Gasteiger charge is -2.16. The summed E-state index contributed by atoms with van der Waals surface area (Å²) in [5, 5.41) is 3.34. The Kier molecular flexibility index (Phi) is 6.69. The number of ether oxygens (including phenoxy) is 1. The van der Waals surface area contributed by atoms with Gasteiger partial charge in [-0.05, 0) is 38.4 Å². The van der Waals surface area contributed by atoms with Gasteiger partial charge in [-0.3, -0.25) is 0 Å². The molecule has 1 atom stereocenters. The highest BCUT2D eigenvalue weighted by Gasteiger charge is 2.08. The molecule has 2 nitrogen and oxygen atoms in total. The third-order valence-corrected chi connectivity index (χ3v) is 3.42. The first-order valence-electron chi connectivity index (χ1n) is 5.76. The molecule has 0 saturated carbocycles. The Morgan fingerprint density at radius 2 is 2.12 bits per heavy atom. The van der Waals surface area contributed by atoms with Gasteiger partial charge in [-0.1, -0.05) is 34.1 Å². The second kappa shape index (κ2) is 7.82. The van der Waals surface area contributed by atoms with Crippen LogP contribution < -0.4 is 5.32 Å². The van der Waals surface area contributed by atoms with E-state index in [0.29, 0.717) is 6.04 Å². The molecule has 16 heavy (non-hydrogen) atoms. The highest BCUT2D eigenvalue weighted by atomic mass is 79.9. The van der Waals surface area contributed by atoms with E-state index < -0.39 is 0 Å². The third-order valence-electron chi connectivity index (χ3n) is 2.65. The molecule has 0 aliphatic rings. The normalized spacial score (nSPS) is 12.7. The zero-order chi connectivity index (χ0) is 11.8. The molecule has 0 fully saturated rings. The van der Waals surface area contributed by atoms with Crippen LogP contribution in [0.3, 0.4) is 0 Å². The van der Waals surface area contributed by atoms with Gasteiger partial charge < -0.3 is 10.1 Å². The van der Waals surface area contributed by atoms with Crippen LogP contribution >= 0.6 is 15.9 Å². The molecule has 1 N–H and O–H groups in total. The molecule has 0 saturated heterocycles. The van der Waals surface area contributed by atoms with Crippen molar-refractivity contribution in [3.8, 4) is 0 Å². The van der Waals surface area contributed by atoms with Crippen molar-refractivity contribution in [3.05, 3.63) is 34.3 Å². The molecular formula is C13H20BrNO. The molecule has 1 aromatic carbocycles. The number of halogens is 1. The van der Waals surface area contributed by atoms with Crippen LogP contribution in [0.4, 0.5) is 0 Å². The van der Waals surface area contributed by atoms with E-state index in [1.807, 2.05) is 20.0 Å². The fourth-order valence-corrected chi connectivity index (χ4v) is 2.09. The molecule has 90 valence electrons. The summed E-state index contributed by atoms with van der Waals surface area (Å²) in [5.74, 6) is 0. The van der Waals surface area contributed by atoms with E-state index in [1.54, 1.807) is 0 Å². The minimum atomic E-state index is 0.477. The van der Waals surface area contributed by atoms with Crippen LogP contribution in [0.25, 0.3) is 0 Å². The summed E-state index contributed by atoms with van der Waals surface area (Å²) in [6.07, 6.45) is 2.08. The minimum Gasteiger partial charge on any atom is -0.382 e. The molecule has 0 spiro atoms. The molecule has 0 heterocycles. The van der Waals surface area contributed by atoms with Gasteiger partial charge in [0.05, 0.1) is 0 Å². The summed E-state index contributed by atoms with van der Waals surface area (Å²) in [6, 6.07) is 8.85. The van der Waals surface area contributed by atoms with E-state index >= 15 is 0 Å². The molecular weight excluding hydrogens is 266 g/mol. The Morgan fingerprint density at radius 1 is 1.38 bits per heavy atom. The van der Waals surface area contributed by atoms with Crippen molar-refractivity contribution in [3.63, 3.8) is 0 Å². The maximum absolute atomic E-state index is 5.38. The first kappa shape index (κ1) is 13.7. The van der Waals surface area contributed by atoms with Crippen molar-refractivity contribution in [2.24, 2.45) is 0 Å². The van der Waals surface area contributed by atoms with Crippen molar-refractivity contribution < 1.29 is 4.74 Å². The maximum atomic E-state index is 5.38. The van der Waals surface area contributed by atoms with Gasteiger partial charge in [0, 0.05) is 23.7 Å².